The highest BCUT2D eigenvalue weighted by Gasteiger charge is 2.33. The molecule has 1 aromatic rings. The second-order valence-corrected chi connectivity index (χ2v) is 5.95. The normalized spacial score (nSPS) is 11.1. The van der Waals surface area contributed by atoms with E-state index in [4.69, 9.17) is 13.3 Å². The first-order chi connectivity index (χ1) is 8.24. The Kier molecular flexibility index (Phi) is 9.66. The van der Waals surface area contributed by atoms with E-state index in [1.54, 1.807) is 21.3 Å². The molecule has 0 amide bonds. The van der Waals surface area contributed by atoms with Gasteiger partial charge in [0.15, 0.2) is 0 Å². The van der Waals surface area contributed by atoms with Crippen LogP contribution in [0.4, 0.5) is 0 Å². The molecule has 0 spiro atoms. The summed E-state index contributed by atoms with van der Waals surface area (Å²) in [5.41, 5.74) is 1.88. The molecule has 0 aliphatic carbocycles. The van der Waals surface area contributed by atoms with Crippen LogP contribution in [-0.2, 0) is 13.3 Å². The molecule has 0 N–H and O–H groups in total. The lowest BCUT2D eigenvalue weighted by molar-refractivity contribution is 0.138. The van der Waals surface area contributed by atoms with Gasteiger partial charge in [-0.05, 0) is 12.1 Å². The van der Waals surface area contributed by atoms with Crippen LogP contribution in [0.25, 0.3) is 0 Å². The highest BCUT2D eigenvalue weighted by molar-refractivity contribution is 6.66. The largest absolute Gasteiger partial charge is 0.528 e. The maximum atomic E-state index is 5.15. The second-order valence-electron chi connectivity index (χ2n) is 3.18. The number of benzene rings is 1. The van der Waals surface area contributed by atoms with Crippen LogP contribution in [0.2, 0.25) is 0 Å². The molecule has 0 saturated carbocycles. The first-order valence-corrected chi connectivity index (χ1v) is 7.38. The van der Waals surface area contributed by atoms with Gasteiger partial charge in [-0.15, -0.1) is 0 Å². The van der Waals surface area contributed by atoms with Crippen molar-refractivity contribution in [3.05, 3.63) is 48.2 Å². The van der Waals surface area contributed by atoms with Gasteiger partial charge in [-0.3, -0.25) is 0 Å². The molecule has 0 aromatic heterocycles. The van der Waals surface area contributed by atoms with Gasteiger partial charge in [-0.2, -0.15) is 0 Å². The Morgan fingerprint density at radius 1 is 0.824 bits per heavy atom. The van der Waals surface area contributed by atoms with Crippen molar-refractivity contribution in [3.8, 4) is 0 Å². The molecule has 1 rings (SSSR count). The maximum absolute atomic E-state index is 5.15. The molecule has 0 bridgehead atoms. The summed E-state index contributed by atoms with van der Waals surface area (Å²) in [5.74, 6) is 0. The van der Waals surface area contributed by atoms with Crippen molar-refractivity contribution < 1.29 is 13.3 Å². The summed E-state index contributed by atoms with van der Waals surface area (Å²) in [6.45, 7) is 2.05. The van der Waals surface area contributed by atoms with E-state index in [0.717, 1.165) is 6.42 Å². The lowest BCUT2D eigenvalue weighted by Gasteiger charge is -2.20. The van der Waals surface area contributed by atoms with E-state index < -0.39 is 8.80 Å². The summed E-state index contributed by atoms with van der Waals surface area (Å²) >= 11 is 0. The quantitative estimate of drug-likeness (QED) is 0.756. The van der Waals surface area contributed by atoms with Crippen LogP contribution in [0, 0.1) is 0 Å². The van der Waals surface area contributed by atoms with E-state index in [1.165, 1.54) is 0 Å². The average molecular weight is 254 g/mol. The molecule has 17 heavy (non-hydrogen) atoms. The third-order valence-corrected chi connectivity index (χ3v) is 4.43. The minimum atomic E-state index is -2.42. The Labute approximate surface area is 105 Å². The van der Waals surface area contributed by atoms with Crippen LogP contribution in [0.1, 0.15) is 13.3 Å². The summed E-state index contributed by atoms with van der Waals surface area (Å²) in [6, 6.07) is 12.0. The highest BCUT2D eigenvalue weighted by atomic mass is 28.4. The molecule has 0 heterocycles. The predicted octanol–water partition coefficient (Wildman–Crippen LogP) is 3.06. The minimum Gasteiger partial charge on any atom is -0.374 e. The van der Waals surface area contributed by atoms with Gasteiger partial charge in [0.1, 0.15) is 0 Å². The molecule has 0 radical (unpaired) electrons. The van der Waals surface area contributed by atoms with Gasteiger partial charge in [-0.1, -0.05) is 49.4 Å². The van der Waals surface area contributed by atoms with E-state index in [-0.39, 0.29) is 0 Å². The molecule has 0 atom stereocenters. The third kappa shape index (κ3) is 7.07. The standard InChI is InChI=1S/C7H16O3Si.C6H6/c1-5-6-7-11(8-2,9-3)10-4;1-2-4-6-5-3-1/h6-7H,5H2,1-4H3;1-6H. The number of rotatable bonds is 5. The lowest BCUT2D eigenvalue weighted by Crippen LogP contribution is -2.40. The van der Waals surface area contributed by atoms with Crippen molar-refractivity contribution in [2.75, 3.05) is 21.3 Å². The molecular formula is C13H22O3Si. The van der Waals surface area contributed by atoms with Gasteiger partial charge in [0.2, 0.25) is 0 Å². The first kappa shape index (κ1) is 16.1. The van der Waals surface area contributed by atoms with Crippen LogP contribution >= 0.6 is 0 Å². The zero-order valence-electron chi connectivity index (χ0n) is 11.1. The van der Waals surface area contributed by atoms with Gasteiger partial charge in [0.05, 0.1) is 0 Å². The molecule has 0 aliphatic rings. The van der Waals surface area contributed by atoms with Crippen LogP contribution < -0.4 is 0 Å². The van der Waals surface area contributed by atoms with Crippen LogP contribution in [0.5, 0.6) is 0 Å². The summed E-state index contributed by atoms with van der Waals surface area (Å²) in [5, 5.41) is 0. The zero-order valence-corrected chi connectivity index (χ0v) is 12.1. The predicted molar refractivity (Wildman–Crippen MR) is 72.7 cm³/mol. The van der Waals surface area contributed by atoms with Crippen molar-refractivity contribution in [1.29, 1.82) is 0 Å². The van der Waals surface area contributed by atoms with Gasteiger partial charge in [0, 0.05) is 21.3 Å². The Bertz CT molecular complexity index is 249. The number of hydrogen-bond acceptors (Lipinski definition) is 3. The summed E-state index contributed by atoms with van der Waals surface area (Å²) in [7, 11) is 2.37. The van der Waals surface area contributed by atoms with E-state index in [1.807, 2.05) is 48.2 Å². The van der Waals surface area contributed by atoms with Gasteiger partial charge < -0.3 is 13.3 Å². The Morgan fingerprint density at radius 3 is 1.41 bits per heavy atom. The van der Waals surface area contributed by atoms with Crippen LogP contribution in [-0.4, -0.2) is 30.1 Å². The molecule has 1 aromatic carbocycles. The molecule has 0 saturated heterocycles. The highest BCUT2D eigenvalue weighted by Crippen LogP contribution is 2.07. The molecule has 0 aliphatic heterocycles. The van der Waals surface area contributed by atoms with E-state index >= 15 is 0 Å². The van der Waals surface area contributed by atoms with Gasteiger partial charge in [0.25, 0.3) is 0 Å². The fourth-order valence-corrected chi connectivity index (χ4v) is 2.53. The molecule has 0 unspecified atom stereocenters. The van der Waals surface area contributed by atoms with Crippen molar-refractivity contribution in [1.82, 2.24) is 0 Å². The second kappa shape index (κ2) is 10.2. The van der Waals surface area contributed by atoms with E-state index in [0.29, 0.717) is 0 Å². The third-order valence-electron chi connectivity index (χ3n) is 2.08. The molecule has 4 heteroatoms. The fourth-order valence-electron chi connectivity index (χ4n) is 1.10. The zero-order chi connectivity index (χ0) is 13.0. The Balaban J connectivity index is 0.000000354. The van der Waals surface area contributed by atoms with Crippen molar-refractivity contribution in [2.24, 2.45) is 0 Å². The van der Waals surface area contributed by atoms with Crippen LogP contribution in [0.3, 0.4) is 0 Å². The molecular weight excluding hydrogens is 232 g/mol. The van der Waals surface area contributed by atoms with Crippen molar-refractivity contribution in [3.63, 3.8) is 0 Å². The molecule has 3 nitrogen and oxygen atoms in total. The Morgan fingerprint density at radius 2 is 1.18 bits per heavy atom. The molecule has 0 fully saturated rings. The molecule has 96 valence electrons. The number of hydrogen-bond donors (Lipinski definition) is 0. The van der Waals surface area contributed by atoms with Crippen molar-refractivity contribution >= 4 is 8.80 Å². The number of allylic oxidation sites excluding steroid dienone is 1. The maximum Gasteiger partial charge on any atom is 0.528 e. The summed E-state index contributed by atoms with van der Waals surface area (Å²) in [4.78, 5) is 0. The van der Waals surface area contributed by atoms with Gasteiger partial charge in [-0.25, -0.2) is 0 Å². The average Bonchev–Trinajstić information content (AvgIpc) is 2.44. The summed E-state index contributed by atoms with van der Waals surface area (Å²) in [6.07, 6.45) is 2.95. The topological polar surface area (TPSA) is 27.7 Å². The minimum absolute atomic E-state index is 0.963. The lowest BCUT2D eigenvalue weighted by atomic mass is 10.4. The SMILES string of the molecule is CCC=C[Si](OC)(OC)OC.c1ccccc1. The van der Waals surface area contributed by atoms with Gasteiger partial charge >= 0.3 is 8.80 Å². The smallest absolute Gasteiger partial charge is 0.374 e. The van der Waals surface area contributed by atoms with E-state index in [2.05, 4.69) is 6.92 Å². The van der Waals surface area contributed by atoms with Crippen molar-refractivity contribution in [2.45, 2.75) is 13.3 Å². The summed E-state index contributed by atoms with van der Waals surface area (Å²) < 4.78 is 15.4. The Hall–Kier alpha value is -0.943. The monoisotopic (exact) mass is 254 g/mol. The van der Waals surface area contributed by atoms with E-state index in [9.17, 15) is 0 Å². The first-order valence-electron chi connectivity index (χ1n) is 5.57. The van der Waals surface area contributed by atoms with Crippen LogP contribution in [0.15, 0.2) is 48.2 Å². The fraction of sp³-hybridized carbons (Fsp3) is 0.385.